The van der Waals surface area contributed by atoms with Crippen LogP contribution >= 0.6 is 23.2 Å². The van der Waals surface area contributed by atoms with Gasteiger partial charge in [-0.3, -0.25) is 4.79 Å². The average molecular weight is 490 g/mol. The van der Waals surface area contributed by atoms with Crippen molar-refractivity contribution in [3.63, 3.8) is 0 Å². The minimum atomic E-state index is -0.523. The summed E-state index contributed by atoms with van der Waals surface area (Å²) in [5.74, 6) is 0.0854. The van der Waals surface area contributed by atoms with E-state index < -0.39 is 11.9 Å². The lowest BCUT2D eigenvalue weighted by molar-refractivity contribution is -0.125. The Labute approximate surface area is 204 Å². The molecule has 0 bridgehead atoms. The molecule has 0 unspecified atom stereocenters. The fourth-order valence-electron chi connectivity index (χ4n) is 4.72. The van der Waals surface area contributed by atoms with E-state index in [4.69, 9.17) is 28.2 Å². The van der Waals surface area contributed by atoms with Gasteiger partial charge in [-0.1, -0.05) is 68.7 Å². The molecule has 1 N–H and O–H groups in total. The first-order valence-corrected chi connectivity index (χ1v) is 12.7. The molecular weight excluding hydrogens is 460 g/mol. The zero-order valence-corrected chi connectivity index (χ0v) is 20.4. The maximum atomic E-state index is 14.3. The third-order valence-corrected chi connectivity index (χ3v) is 7.02. The number of fused-ring (bicyclic) bond motifs is 1. The summed E-state index contributed by atoms with van der Waals surface area (Å²) in [7, 11) is 0. The van der Waals surface area contributed by atoms with E-state index in [1.807, 2.05) is 16.7 Å². The molecular formula is C26H30Cl2FN3O. The Morgan fingerprint density at radius 3 is 2.58 bits per heavy atom. The highest BCUT2D eigenvalue weighted by molar-refractivity contribution is 6.31. The van der Waals surface area contributed by atoms with Crippen molar-refractivity contribution >= 4 is 40.1 Å². The molecule has 3 aromatic rings. The lowest BCUT2D eigenvalue weighted by Gasteiger charge is -2.27. The van der Waals surface area contributed by atoms with Crippen molar-refractivity contribution in [3.05, 3.63) is 52.3 Å². The van der Waals surface area contributed by atoms with Crippen LogP contribution in [0, 0.1) is 5.82 Å². The Bertz CT molecular complexity index is 1110. The van der Waals surface area contributed by atoms with Crippen LogP contribution in [-0.2, 0) is 4.79 Å². The molecule has 1 atom stereocenters. The van der Waals surface area contributed by atoms with Crippen molar-refractivity contribution < 1.29 is 9.18 Å². The Morgan fingerprint density at radius 1 is 1.15 bits per heavy atom. The van der Waals surface area contributed by atoms with Crippen LogP contribution in [0.5, 0.6) is 0 Å². The smallest absolute Gasteiger partial charge is 0.243 e. The molecule has 1 aliphatic carbocycles. The predicted octanol–water partition coefficient (Wildman–Crippen LogP) is 7.72. The van der Waals surface area contributed by atoms with Crippen LogP contribution < -0.4 is 5.32 Å². The number of unbranched alkanes of at least 4 members (excludes halogenated alkanes) is 2. The molecule has 33 heavy (non-hydrogen) atoms. The number of aromatic nitrogens is 2. The van der Waals surface area contributed by atoms with Crippen molar-refractivity contribution in [2.75, 3.05) is 0 Å². The summed E-state index contributed by atoms with van der Waals surface area (Å²) in [6.45, 7) is 2.14. The van der Waals surface area contributed by atoms with Crippen LogP contribution in [0.4, 0.5) is 4.39 Å². The highest BCUT2D eigenvalue weighted by Gasteiger charge is 2.28. The molecule has 0 saturated heterocycles. The highest BCUT2D eigenvalue weighted by atomic mass is 35.5. The zero-order chi connectivity index (χ0) is 23.4. The first kappa shape index (κ1) is 24.0. The number of rotatable bonds is 8. The molecule has 1 heterocycles. The lowest BCUT2D eigenvalue weighted by atomic mass is 9.95. The number of benzene rings is 2. The molecule has 0 aliphatic heterocycles. The number of imidazole rings is 1. The van der Waals surface area contributed by atoms with Crippen LogP contribution in [0.3, 0.4) is 0 Å². The largest absolute Gasteiger partial charge is 0.352 e. The number of nitrogens with one attached hydrogen (secondary N) is 1. The van der Waals surface area contributed by atoms with Gasteiger partial charge in [0.2, 0.25) is 5.91 Å². The summed E-state index contributed by atoms with van der Waals surface area (Å²) >= 11 is 12.3. The second-order valence-corrected chi connectivity index (χ2v) is 9.77. The molecule has 7 heteroatoms. The molecule has 4 nitrogen and oxygen atoms in total. The topological polar surface area (TPSA) is 46.9 Å². The van der Waals surface area contributed by atoms with Gasteiger partial charge < -0.3 is 9.88 Å². The second kappa shape index (κ2) is 10.9. The van der Waals surface area contributed by atoms with Gasteiger partial charge in [-0.05, 0) is 49.6 Å². The number of carbonyl (C=O) groups is 1. The first-order chi connectivity index (χ1) is 16.0. The van der Waals surface area contributed by atoms with E-state index in [2.05, 4.69) is 12.2 Å². The molecule has 176 valence electrons. The SMILES string of the molecule is CCCCC[C@@H](C(=O)NC1CCCCC1)n1c(-c2ccc(Cl)cc2)nc2cc(F)c(Cl)cc21. The molecule has 0 radical (unpaired) electrons. The number of carbonyl (C=O) groups excluding carboxylic acids is 1. The molecule has 1 fully saturated rings. The van der Waals surface area contributed by atoms with Gasteiger partial charge in [0, 0.05) is 22.7 Å². The van der Waals surface area contributed by atoms with Gasteiger partial charge in [0.1, 0.15) is 17.7 Å². The van der Waals surface area contributed by atoms with Gasteiger partial charge in [0.25, 0.3) is 0 Å². The van der Waals surface area contributed by atoms with Crippen LogP contribution in [0.15, 0.2) is 36.4 Å². The van der Waals surface area contributed by atoms with Gasteiger partial charge >= 0.3 is 0 Å². The van der Waals surface area contributed by atoms with E-state index in [1.54, 1.807) is 18.2 Å². The minimum Gasteiger partial charge on any atom is -0.352 e. The zero-order valence-electron chi connectivity index (χ0n) is 18.9. The van der Waals surface area contributed by atoms with Gasteiger partial charge in [0.05, 0.1) is 16.1 Å². The summed E-state index contributed by atoms with van der Waals surface area (Å²) in [5.41, 5.74) is 1.96. The van der Waals surface area contributed by atoms with Crippen LogP contribution in [0.1, 0.15) is 70.8 Å². The summed E-state index contributed by atoms with van der Waals surface area (Å²) < 4.78 is 16.2. The normalized spacial score (nSPS) is 15.6. The van der Waals surface area contributed by atoms with Crippen molar-refractivity contribution in [3.8, 4) is 11.4 Å². The molecule has 1 aliphatic rings. The highest BCUT2D eigenvalue weighted by Crippen LogP contribution is 2.34. The molecule has 4 rings (SSSR count). The number of amides is 1. The molecule has 0 spiro atoms. The summed E-state index contributed by atoms with van der Waals surface area (Å²) in [6, 6.07) is 10.0. The van der Waals surface area contributed by atoms with Crippen LogP contribution in [0.25, 0.3) is 22.4 Å². The third-order valence-electron chi connectivity index (χ3n) is 6.48. The minimum absolute atomic E-state index is 0.00651. The van der Waals surface area contributed by atoms with E-state index in [-0.39, 0.29) is 17.0 Å². The predicted molar refractivity (Wildman–Crippen MR) is 133 cm³/mol. The standard InChI is InChI=1S/C26H30Cl2FN3O/c1-2-3-5-10-23(26(33)30-19-8-6-4-7-9-19)32-24-15-20(28)21(29)16-22(24)31-25(32)17-11-13-18(27)14-12-17/h11-16,19,23H,2-10H2,1H3,(H,30,33)/t23-/m0/s1. The van der Waals surface area contributed by atoms with Crippen molar-refractivity contribution in [1.82, 2.24) is 14.9 Å². The molecule has 2 aromatic carbocycles. The quantitative estimate of drug-likeness (QED) is 0.329. The molecule has 1 saturated carbocycles. The number of hydrogen-bond acceptors (Lipinski definition) is 2. The van der Waals surface area contributed by atoms with Crippen LogP contribution in [0.2, 0.25) is 10.0 Å². The van der Waals surface area contributed by atoms with Crippen molar-refractivity contribution in [1.29, 1.82) is 0 Å². The van der Waals surface area contributed by atoms with Crippen LogP contribution in [-0.4, -0.2) is 21.5 Å². The summed E-state index contributed by atoms with van der Waals surface area (Å²) in [4.78, 5) is 18.4. The Kier molecular flexibility index (Phi) is 7.92. The van der Waals surface area contributed by atoms with E-state index in [9.17, 15) is 9.18 Å². The van der Waals surface area contributed by atoms with Gasteiger partial charge in [-0.25, -0.2) is 9.37 Å². The maximum absolute atomic E-state index is 14.3. The second-order valence-electron chi connectivity index (χ2n) is 8.92. The fourth-order valence-corrected chi connectivity index (χ4v) is 5.00. The first-order valence-electron chi connectivity index (χ1n) is 11.9. The van der Waals surface area contributed by atoms with Gasteiger partial charge in [-0.15, -0.1) is 0 Å². The average Bonchev–Trinajstić information content (AvgIpc) is 3.16. The molecule has 1 aromatic heterocycles. The number of halogens is 3. The number of hydrogen-bond donors (Lipinski definition) is 1. The fraction of sp³-hybridized carbons (Fsp3) is 0.462. The van der Waals surface area contributed by atoms with Gasteiger partial charge in [-0.2, -0.15) is 0 Å². The third kappa shape index (κ3) is 5.52. The van der Waals surface area contributed by atoms with E-state index in [0.29, 0.717) is 28.3 Å². The number of nitrogens with zero attached hydrogens (tertiary/aromatic N) is 2. The van der Waals surface area contributed by atoms with E-state index >= 15 is 0 Å². The van der Waals surface area contributed by atoms with Crippen molar-refractivity contribution in [2.24, 2.45) is 0 Å². The monoisotopic (exact) mass is 489 g/mol. The van der Waals surface area contributed by atoms with Crippen molar-refractivity contribution in [2.45, 2.75) is 76.8 Å². The Balaban J connectivity index is 1.81. The Hall–Kier alpha value is -2.11. The van der Waals surface area contributed by atoms with E-state index in [1.165, 1.54) is 12.5 Å². The summed E-state index contributed by atoms with van der Waals surface area (Å²) in [5, 5.41) is 3.93. The Morgan fingerprint density at radius 2 is 1.88 bits per heavy atom. The summed E-state index contributed by atoms with van der Waals surface area (Å²) in [6.07, 6.45) is 9.21. The van der Waals surface area contributed by atoms with Gasteiger partial charge in [0.15, 0.2) is 0 Å². The maximum Gasteiger partial charge on any atom is 0.243 e. The lowest BCUT2D eigenvalue weighted by Crippen LogP contribution is -2.41. The van der Waals surface area contributed by atoms with E-state index in [0.717, 1.165) is 50.5 Å². The molecule has 1 amide bonds.